The Morgan fingerprint density at radius 2 is 1.55 bits per heavy atom. The van der Waals surface area contributed by atoms with E-state index in [-0.39, 0.29) is 16.2 Å². The second-order valence-electron chi connectivity index (χ2n) is 6.02. The number of hydrogen-bond donors (Lipinski definition) is 1. The number of methoxy groups -OCH3 is 2. The van der Waals surface area contributed by atoms with Crippen LogP contribution >= 0.6 is 11.6 Å². The van der Waals surface area contributed by atoms with Crippen molar-refractivity contribution in [2.24, 2.45) is 0 Å². The van der Waals surface area contributed by atoms with Gasteiger partial charge in [-0.1, -0.05) is 41.4 Å². The van der Waals surface area contributed by atoms with Crippen LogP contribution in [0.25, 0.3) is 5.70 Å². The van der Waals surface area contributed by atoms with Gasteiger partial charge in [-0.05, 0) is 36.8 Å². The zero-order chi connectivity index (χ0) is 21.6. The number of carbonyl (C=O) groups is 2. The van der Waals surface area contributed by atoms with Gasteiger partial charge in [0.1, 0.15) is 0 Å². The van der Waals surface area contributed by atoms with Crippen molar-refractivity contribution in [1.82, 2.24) is 4.72 Å². The quantitative estimate of drug-likeness (QED) is 0.528. The van der Waals surface area contributed by atoms with Crippen LogP contribution in [0, 0.1) is 6.92 Å². The smallest absolute Gasteiger partial charge is 0.336 e. The molecule has 154 valence electrons. The van der Waals surface area contributed by atoms with Gasteiger partial charge in [-0.15, -0.1) is 0 Å². The molecular formula is C20H20ClNO6S. The second kappa shape index (κ2) is 9.58. The van der Waals surface area contributed by atoms with E-state index in [1.54, 1.807) is 12.1 Å². The van der Waals surface area contributed by atoms with E-state index in [0.29, 0.717) is 10.6 Å². The summed E-state index contributed by atoms with van der Waals surface area (Å²) >= 11 is 5.92. The van der Waals surface area contributed by atoms with Crippen LogP contribution in [-0.4, -0.2) is 34.6 Å². The zero-order valence-electron chi connectivity index (χ0n) is 16.1. The van der Waals surface area contributed by atoms with E-state index < -0.39 is 28.4 Å². The summed E-state index contributed by atoms with van der Waals surface area (Å²) < 4.78 is 37.6. The van der Waals surface area contributed by atoms with Crippen LogP contribution in [0.3, 0.4) is 0 Å². The van der Waals surface area contributed by atoms with Gasteiger partial charge < -0.3 is 9.47 Å². The fraction of sp³-hybridized carbons (Fsp3) is 0.200. The first-order valence-electron chi connectivity index (χ1n) is 8.41. The van der Waals surface area contributed by atoms with E-state index >= 15 is 0 Å². The Kier molecular flexibility index (Phi) is 7.41. The second-order valence-corrected chi connectivity index (χ2v) is 8.14. The normalized spacial score (nSPS) is 12.0. The Bertz CT molecular complexity index is 1030. The molecule has 2 rings (SSSR count). The summed E-state index contributed by atoms with van der Waals surface area (Å²) in [7, 11) is -1.77. The Hall–Kier alpha value is -2.84. The van der Waals surface area contributed by atoms with Crippen molar-refractivity contribution in [3.05, 3.63) is 70.3 Å². The summed E-state index contributed by atoms with van der Waals surface area (Å²) in [5.41, 5.74) is 0.921. The van der Waals surface area contributed by atoms with Crippen molar-refractivity contribution in [3.8, 4) is 0 Å². The van der Waals surface area contributed by atoms with Gasteiger partial charge in [0.15, 0.2) is 0 Å². The third kappa shape index (κ3) is 5.82. The lowest BCUT2D eigenvalue weighted by Crippen LogP contribution is -2.26. The molecule has 1 N–H and O–H groups in total. The highest BCUT2D eigenvalue weighted by Crippen LogP contribution is 2.24. The summed E-state index contributed by atoms with van der Waals surface area (Å²) in [6.07, 6.45) is -0.489. The number of nitrogens with one attached hydrogen (secondary N) is 1. The van der Waals surface area contributed by atoms with Crippen molar-refractivity contribution in [2.75, 3.05) is 14.2 Å². The van der Waals surface area contributed by atoms with Crippen molar-refractivity contribution >= 4 is 39.3 Å². The van der Waals surface area contributed by atoms with Crippen molar-refractivity contribution in [3.63, 3.8) is 0 Å². The number of esters is 2. The number of benzene rings is 2. The third-order valence-corrected chi connectivity index (χ3v) is 5.60. The van der Waals surface area contributed by atoms with Gasteiger partial charge in [0.25, 0.3) is 10.0 Å². The summed E-state index contributed by atoms with van der Waals surface area (Å²) in [5, 5.41) is 0.419. The van der Waals surface area contributed by atoms with Crippen molar-refractivity contribution in [1.29, 1.82) is 0 Å². The van der Waals surface area contributed by atoms with Gasteiger partial charge in [-0.2, -0.15) is 0 Å². The molecule has 0 fully saturated rings. The molecule has 0 heterocycles. The fourth-order valence-electron chi connectivity index (χ4n) is 2.42. The van der Waals surface area contributed by atoms with Crippen LogP contribution in [0.2, 0.25) is 5.02 Å². The number of ether oxygens (including phenoxy) is 2. The first-order chi connectivity index (χ1) is 13.7. The number of carbonyl (C=O) groups excluding carboxylic acids is 2. The molecule has 0 atom stereocenters. The number of aryl methyl sites for hydroxylation is 1. The number of hydrogen-bond acceptors (Lipinski definition) is 6. The predicted molar refractivity (Wildman–Crippen MR) is 109 cm³/mol. The molecule has 0 saturated carbocycles. The Labute approximate surface area is 174 Å². The molecule has 0 aliphatic carbocycles. The highest BCUT2D eigenvalue weighted by molar-refractivity contribution is 7.89. The van der Waals surface area contributed by atoms with Crippen molar-refractivity contribution in [2.45, 2.75) is 18.2 Å². The molecule has 0 aromatic heterocycles. The summed E-state index contributed by atoms with van der Waals surface area (Å²) in [6.45, 7) is 1.83. The molecule has 2 aromatic carbocycles. The number of rotatable bonds is 7. The van der Waals surface area contributed by atoms with E-state index in [0.717, 1.165) is 19.8 Å². The molecule has 0 saturated heterocycles. The summed E-state index contributed by atoms with van der Waals surface area (Å²) in [5.74, 6) is -1.60. The minimum Gasteiger partial charge on any atom is -0.469 e. The molecule has 0 spiro atoms. The Balaban J connectivity index is 2.65. The van der Waals surface area contributed by atoms with Crippen LogP contribution < -0.4 is 4.72 Å². The van der Waals surface area contributed by atoms with E-state index in [9.17, 15) is 18.0 Å². The Morgan fingerprint density at radius 1 is 0.966 bits per heavy atom. The topological polar surface area (TPSA) is 98.8 Å². The maximum Gasteiger partial charge on any atom is 0.336 e. The zero-order valence-corrected chi connectivity index (χ0v) is 17.6. The van der Waals surface area contributed by atoms with Crippen molar-refractivity contribution < 1.29 is 27.5 Å². The van der Waals surface area contributed by atoms with Gasteiger partial charge in [0, 0.05) is 5.02 Å². The first kappa shape index (κ1) is 22.4. The van der Waals surface area contributed by atoms with Crippen LogP contribution in [0.15, 0.2) is 59.0 Å². The minimum atomic E-state index is -4.06. The average molecular weight is 438 g/mol. The molecule has 0 amide bonds. The van der Waals surface area contributed by atoms with E-state index in [1.165, 1.54) is 36.4 Å². The van der Waals surface area contributed by atoms with Crippen LogP contribution in [-0.2, 0) is 29.1 Å². The van der Waals surface area contributed by atoms with Gasteiger partial charge in [-0.25, -0.2) is 13.2 Å². The molecule has 0 aliphatic heterocycles. The molecular weight excluding hydrogens is 418 g/mol. The van der Waals surface area contributed by atoms with Crippen LogP contribution in [0.4, 0.5) is 0 Å². The van der Waals surface area contributed by atoms with E-state index in [4.69, 9.17) is 16.3 Å². The predicted octanol–water partition coefficient (Wildman–Crippen LogP) is 3.07. The summed E-state index contributed by atoms with van der Waals surface area (Å²) in [6, 6.07) is 12.3. The monoisotopic (exact) mass is 437 g/mol. The lowest BCUT2D eigenvalue weighted by molar-refractivity contribution is -0.143. The number of sulfonamides is 1. The van der Waals surface area contributed by atoms with E-state index in [2.05, 4.69) is 9.46 Å². The molecule has 0 radical (unpaired) electrons. The minimum absolute atomic E-state index is 0.00292. The van der Waals surface area contributed by atoms with Crippen LogP contribution in [0.5, 0.6) is 0 Å². The van der Waals surface area contributed by atoms with Gasteiger partial charge in [-0.3, -0.25) is 9.52 Å². The SMILES string of the molecule is COC(=O)C/C(C(=O)OC)=C(\NS(=O)(=O)c1ccc(C)cc1)c1ccc(Cl)cc1. The molecule has 0 unspecified atom stereocenters. The summed E-state index contributed by atoms with van der Waals surface area (Å²) in [4.78, 5) is 24.2. The maximum atomic E-state index is 12.9. The molecule has 0 aliphatic rings. The van der Waals surface area contributed by atoms with E-state index in [1.807, 2.05) is 6.92 Å². The van der Waals surface area contributed by atoms with Crippen LogP contribution in [0.1, 0.15) is 17.5 Å². The standard InChI is InChI=1S/C20H20ClNO6S/c1-13-4-10-16(11-5-13)29(25,26)22-19(14-6-8-15(21)9-7-14)17(20(24)28-3)12-18(23)27-2/h4-11,22H,12H2,1-3H3/b19-17+. The first-order valence-corrected chi connectivity index (χ1v) is 10.3. The Morgan fingerprint density at radius 3 is 2.07 bits per heavy atom. The molecule has 29 heavy (non-hydrogen) atoms. The molecule has 2 aromatic rings. The number of halogens is 1. The highest BCUT2D eigenvalue weighted by Gasteiger charge is 2.25. The average Bonchev–Trinajstić information content (AvgIpc) is 2.70. The molecule has 7 nitrogen and oxygen atoms in total. The molecule has 9 heteroatoms. The maximum absolute atomic E-state index is 12.9. The lowest BCUT2D eigenvalue weighted by Gasteiger charge is -2.17. The highest BCUT2D eigenvalue weighted by atomic mass is 35.5. The molecule has 0 bridgehead atoms. The van der Waals surface area contributed by atoms with Gasteiger partial charge in [0.05, 0.1) is 36.8 Å². The largest absolute Gasteiger partial charge is 0.469 e. The fourth-order valence-corrected chi connectivity index (χ4v) is 3.67. The lowest BCUT2D eigenvalue weighted by atomic mass is 10.0. The van der Waals surface area contributed by atoms with Gasteiger partial charge >= 0.3 is 11.9 Å². The van der Waals surface area contributed by atoms with Gasteiger partial charge in [0.2, 0.25) is 0 Å². The third-order valence-electron chi connectivity index (χ3n) is 3.98.